The second-order valence-corrected chi connectivity index (χ2v) is 5.54. The molecule has 0 N–H and O–H groups in total. The Morgan fingerprint density at radius 3 is 2.56 bits per heavy atom. The second kappa shape index (κ2) is 5.09. The molecule has 0 amide bonds. The zero-order chi connectivity index (χ0) is 13.3. The first-order valence-corrected chi connectivity index (χ1v) is 6.74. The highest BCUT2D eigenvalue weighted by atomic mass is 16.5. The number of nitrogens with zero attached hydrogens (tertiary/aromatic N) is 2. The van der Waals surface area contributed by atoms with Crippen molar-refractivity contribution in [1.82, 2.24) is 9.97 Å². The van der Waals surface area contributed by atoms with Gasteiger partial charge in [-0.1, -0.05) is 26.8 Å². The highest BCUT2D eigenvalue weighted by Crippen LogP contribution is 2.32. The van der Waals surface area contributed by atoms with Gasteiger partial charge in [-0.2, -0.15) is 0 Å². The predicted molar refractivity (Wildman–Crippen MR) is 74.0 cm³/mol. The number of allylic oxidation sites excluding steroid dienone is 1. The molecule has 0 saturated heterocycles. The van der Waals surface area contributed by atoms with Crippen LogP contribution in [0.1, 0.15) is 70.0 Å². The van der Waals surface area contributed by atoms with Crippen molar-refractivity contribution in [3.8, 4) is 5.88 Å². The SMILES string of the molecule is CC(C)Oc1nc2c(nc1C(C)C)C=CCC2C. The zero-order valence-electron chi connectivity index (χ0n) is 11.9. The van der Waals surface area contributed by atoms with E-state index in [1.807, 2.05) is 13.8 Å². The zero-order valence-corrected chi connectivity index (χ0v) is 11.9. The van der Waals surface area contributed by atoms with Crippen LogP contribution in [0.25, 0.3) is 6.08 Å². The molecule has 3 heteroatoms. The van der Waals surface area contributed by atoms with Crippen LogP contribution >= 0.6 is 0 Å². The Labute approximate surface area is 109 Å². The van der Waals surface area contributed by atoms with E-state index < -0.39 is 0 Å². The average molecular weight is 246 g/mol. The molecule has 1 aliphatic rings. The Balaban J connectivity index is 2.50. The molecule has 2 rings (SSSR count). The highest BCUT2D eigenvalue weighted by Gasteiger charge is 2.21. The lowest BCUT2D eigenvalue weighted by molar-refractivity contribution is 0.226. The number of ether oxygens (including phenoxy) is 1. The van der Waals surface area contributed by atoms with E-state index in [1.54, 1.807) is 0 Å². The van der Waals surface area contributed by atoms with Gasteiger partial charge < -0.3 is 4.74 Å². The molecule has 3 nitrogen and oxygen atoms in total. The normalized spacial score (nSPS) is 18.3. The van der Waals surface area contributed by atoms with Crippen molar-refractivity contribution in [2.45, 2.75) is 59.0 Å². The molecule has 1 unspecified atom stereocenters. The molecule has 1 aromatic rings. The van der Waals surface area contributed by atoms with Crippen LogP contribution in [0.2, 0.25) is 0 Å². The molecule has 1 atom stereocenters. The van der Waals surface area contributed by atoms with Crippen LogP contribution in [0, 0.1) is 0 Å². The molecular weight excluding hydrogens is 224 g/mol. The molecule has 0 saturated carbocycles. The summed E-state index contributed by atoms with van der Waals surface area (Å²) in [6.07, 6.45) is 5.41. The molecule has 98 valence electrons. The first-order valence-electron chi connectivity index (χ1n) is 6.74. The van der Waals surface area contributed by atoms with Gasteiger partial charge >= 0.3 is 0 Å². The van der Waals surface area contributed by atoms with Crippen LogP contribution in [0.4, 0.5) is 0 Å². The minimum atomic E-state index is 0.129. The summed E-state index contributed by atoms with van der Waals surface area (Å²) in [7, 11) is 0. The van der Waals surface area contributed by atoms with Gasteiger partial charge in [-0.3, -0.25) is 0 Å². The molecular formula is C15H22N2O. The lowest BCUT2D eigenvalue weighted by atomic mass is 9.96. The molecule has 1 heterocycles. The molecule has 1 aromatic heterocycles. The maximum absolute atomic E-state index is 5.82. The lowest BCUT2D eigenvalue weighted by Gasteiger charge is -2.21. The number of rotatable bonds is 3. The monoisotopic (exact) mass is 246 g/mol. The summed E-state index contributed by atoms with van der Waals surface area (Å²) in [6.45, 7) is 10.5. The van der Waals surface area contributed by atoms with E-state index in [4.69, 9.17) is 14.7 Å². The molecule has 1 aliphatic carbocycles. The first kappa shape index (κ1) is 13.1. The Hall–Kier alpha value is -1.38. The quantitative estimate of drug-likeness (QED) is 0.811. The minimum absolute atomic E-state index is 0.129. The van der Waals surface area contributed by atoms with Gasteiger partial charge in [0, 0.05) is 11.8 Å². The van der Waals surface area contributed by atoms with Crippen molar-refractivity contribution in [1.29, 1.82) is 0 Å². The summed E-state index contributed by atoms with van der Waals surface area (Å²) < 4.78 is 5.82. The fourth-order valence-corrected chi connectivity index (χ4v) is 2.13. The number of hydrogen-bond acceptors (Lipinski definition) is 3. The third kappa shape index (κ3) is 2.55. The molecule has 0 radical (unpaired) electrons. The fourth-order valence-electron chi connectivity index (χ4n) is 2.13. The van der Waals surface area contributed by atoms with Gasteiger partial charge in [-0.15, -0.1) is 0 Å². The standard InChI is InChI=1S/C15H22N2O/c1-9(2)13-15(18-10(3)4)17-14-11(5)7-6-8-12(14)16-13/h6,8-11H,7H2,1-5H3. The van der Waals surface area contributed by atoms with Crippen LogP contribution in [0.5, 0.6) is 5.88 Å². The smallest absolute Gasteiger partial charge is 0.236 e. The van der Waals surface area contributed by atoms with E-state index in [0.29, 0.717) is 17.7 Å². The van der Waals surface area contributed by atoms with E-state index >= 15 is 0 Å². The minimum Gasteiger partial charge on any atom is -0.474 e. The van der Waals surface area contributed by atoms with Gasteiger partial charge in [0.25, 0.3) is 0 Å². The summed E-state index contributed by atoms with van der Waals surface area (Å²) in [5, 5.41) is 0. The number of hydrogen-bond donors (Lipinski definition) is 0. The molecule has 0 spiro atoms. The van der Waals surface area contributed by atoms with Gasteiger partial charge in [0.05, 0.1) is 17.5 Å². The molecule has 0 fully saturated rings. The van der Waals surface area contributed by atoms with Gasteiger partial charge in [0.1, 0.15) is 5.69 Å². The maximum Gasteiger partial charge on any atom is 0.236 e. The van der Waals surface area contributed by atoms with Crippen molar-refractivity contribution < 1.29 is 4.74 Å². The van der Waals surface area contributed by atoms with Crippen molar-refractivity contribution >= 4 is 6.08 Å². The van der Waals surface area contributed by atoms with E-state index in [2.05, 4.69) is 32.9 Å². The van der Waals surface area contributed by atoms with Gasteiger partial charge in [-0.05, 0) is 26.3 Å². The highest BCUT2D eigenvalue weighted by molar-refractivity contribution is 5.52. The van der Waals surface area contributed by atoms with E-state index in [1.165, 1.54) is 0 Å². The number of fused-ring (bicyclic) bond motifs is 1. The molecule has 0 bridgehead atoms. The van der Waals surface area contributed by atoms with Crippen molar-refractivity contribution in [3.63, 3.8) is 0 Å². The fraction of sp³-hybridized carbons (Fsp3) is 0.600. The topological polar surface area (TPSA) is 35.0 Å². The summed E-state index contributed by atoms with van der Waals surface area (Å²) >= 11 is 0. The molecule has 0 aliphatic heterocycles. The van der Waals surface area contributed by atoms with E-state index in [9.17, 15) is 0 Å². The Kier molecular flexibility index (Phi) is 3.69. The van der Waals surface area contributed by atoms with Gasteiger partial charge in [-0.25, -0.2) is 9.97 Å². The summed E-state index contributed by atoms with van der Waals surface area (Å²) in [6, 6.07) is 0. The Morgan fingerprint density at radius 1 is 1.22 bits per heavy atom. The number of aromatic nitrogens is 2. The van der Waals surface area contributed by atoms with Crippen LogP contribution in [-0.2, 0) is 0 Å². The van der Waals surface area contributed by atoms with Gasteiger partial charge in [0.15, 0.2) is 0 Å². The van der Waals surface area contributed by atoms with Crippen molar-refractivity contribution in [3.05, 3.63) is 23.2 Å². The predicted octanol–water partition coefficient (Wildman–Crippen LogP) is 3.91. The largest absolute Gasteiger partial charge is 0.474 e. The lowest BCUT2D eigenvalue weighted by Crippen LogP contribution is -2.15. The van der Waals surface area contributed by atoms with Crippen molar-refractivity contribution in [2.75, 3.05) is 0 Å². The first-order chi connectivity index (χ1) is 8.49. The average Bonchev–Trinajstić information content (AvgIpc) is 2.28. The molecule has 18 heavy (non-hydrogen) atoms. The Morgan fingerprint density at radius 2 is 1.94 bits per heavy atom. The second-order valence-electron chi connectivity index (χ2n) is 5.54. The van der Waals surface area contributed by atoms with Crippen LogP contribution in [0.15, 0.2) is 6.08 Å². The summed E-state index contributed by atoms with van der Waals surface area (Å²) in [5.41, 5.74) is 3.03. The van der Waals surface area contributed by atoms with E-state index in [-0.39, 0.29) is 6.10 Å². The molecule has 0 aromatic carbocycles. The van der Waals surface area contributed by atoms with Crippen LogP contribution in [-0.4, -0.2) is 16.1 Å². The van der Waals surface area contributed by atoms with Crippen LogP contribution < -0.4 is 4.74 Å². The summed E-state index contributed by atoms with van der Waals surface area (Å²) in [4.78, 5) is 9.46. The third-order valence-corrected chi connectivity index (χ3v) is 3.07. The van der Waals surface area contributed by atoms with Crippen LogP contribution in [0.3, 0.4) is 0 Å². The summed E-state index contributed by atoms with van der Waals surface area (Å²) in [5.74, 6) is 1.45. The maximum atomic E-state index is 5.82. The van der Waals surface area contributed by atoms with Crippen molar-refractivity contribution in [2.24, 2.45) is 0 Å². The van der Waals surface area contributed by atoms with E-state index in [0.717, 1.165) is 23.5 Å². The third-order valence-electron chi connectivity index (χ3n) is 3.07. The Bertz CT molecular complexity index is 464. The van der Waals surface area contributed by atoms with Gasteiger partial charge in [0.2, 0.25) is 5.88 Å².